The number of amides is 1. The molecule has 0 N–H and O–H groups in total. The normalized spacial score (nSPS) is 23.6. The number of benzene rings is 1. The van der Waals surface area contributed by atoms with Gasteiger partial charge in [-0.2, -0.15) is 14.0 Å². The predicted octanol–water partition coefficient (Wildman–Crippen LogP) is 3.50. The lowest BCUT2D eigenvalue weighted by atomic mass is 9.64. The third-order valence-corrected chi connectivity index (χ3v) is 5.47. The summed E-state index contributed by atoms with van der Waals surface area (Å²) in [5, 5.41) is 9.31. The van der Waals surface area contributed by atoms with Crippen LogP contribution in [0.15, 0.2) is 35.9 Å². The maximum absolute atomic E-state index is 12.7. The van der Waals surface area contributed by atoms with Crippen LogP contribution in [0.3, 0.4) is 0 Å². The molecular formula is C21H22F2N2O3. The fraction of sp³-hybridized carbons (Fsp3) is 0.476. The lowest BCUT2D eigenvalue weighted by molar-refractivity contribution is -0.129. The minimum atomic E-state index is -2.88. The number of rotatable bonds is 4. The Kier molecular flexibility index (Phi) is 5.24. The van der Waals surface area contributed by atoms with Gasteiger partial charge in [-0.15, -0.1) is 0 Å². The molecule has 1 spiro atoms. The molecule has 0 saturated carbocycles. The van der Waals surface area contributed by atoms with Crippen molar-refractivity contribution in [2.75, 3.05) is 13.1 Å². The van der Waals surface area contributed by atoms with Crippen molar-refractivity contribution >= 4 is 11.7 Å². The van der Waals surface area contributed by atoms with Crippen LogP contribution in [0.5, 0.6) is 5.75 Å². The van der Waals surface area contributed by atoms with Gasteiger partial charge in [0.05, 0.1) is 12.0 Å². The van der Waals surface area contributed by atoms with E-state index in [0.717, 1.165) is 0 Å². The molecule has 0 bridgehead atoms. The minimum absolute atomic E-state index is 0.0506. The van der Waals surface area contributed by atoms with Crippen LogP contribution in [0.2, 0.25) is 0 Å². The zero-order valence-electron chi connectivity index (χ0n) is 15.9. The summed E-state index contributed by atoms with van der Waals surface area (Å²) in [6, 6.07) is 8.02. The first-order chi connectivity index (χ1) is 13.1. The Morgan fingerprint density at radius 2 is 2.00 bits per heavy atom. The second-order valence-electron chi connectivity index (χ2n) is 8.19. The maximum Gasteiger partial charge on any atom is 0.387 e. The molecule has 1 heterocycles. The van der Waals surface area contributed by atoms with Gasteiger partial charge in [-0.3, -0.25) is 9.59 Å². The summed E-state index contributed by atoms with van der Waals surface area (Å²) < 4.78 is 28.7. The highest BCUT2D eigenvalue weighted by atomic mass is 19.3. The summed E-state index contributed by atoms with van der Waals surface area (Å²) in [5.41, 5.74) is -0.0906. The van der Waals surface area contributed by atoms with E-state index in [1.807, 2.05) is 19.9 Å². The Morgan fingerprint density at radius 3 is 2.61 bits per heavy atom. The van der Waals surface area contributed by atoms with Crippen LogP contribution in [0.1, 0.15) is 32.3 Å². The Labute approximate surface area is 162 Å². The van der Waals surface area contributed by atoms with Crippen molar-refractivity contribution in [2.24, 2.45) is 10.8 Å². The van der Waals surface area contributed by atoms with Crippen LogP contribution in [-0.4, -0.2) is 36.3 Å². The minimum Gasteiger partial charge on any atom is -0.435 e. The number of likely N-dealkylation sites (tertiary alicyclic amines) is 1. The number of hydrogen-bond acceptors (Lipinski definition) is 4. The fourth-order valence-electron chi connectivity index (χ4n) is 4.28. The molecule has 3 rings (SSSR count). The number of Topliss-reactive ketones (excluding diaryl/α,β-unsaturated/α-hetero) is 1. The van der Waals surface area contributed by atoms with Crippen molar-refractivity contribution in [1.82, 2.24) is 4.90 Å². The first-order valence-corrected chi connectivity index (χ1v) is 9.13. The summed E-state index contributed by atoms with van der Waals surface area (Å²) in [5.74, 6) is -0.160. The van der Waals surface area contributed by atoms with E-state index >= 15 is 0 Å². The van der Waals surface area contributed by atoms with Crippen LogP contribution in [0.4, 0.5) is 8.78 Å². The van der Waals surface area contributed by atoms with Gasteiger partial charge in [0.1, 0.15) is 11.8 Å². The molecule has 0 aromatic heterocycles. The van der Waals surface area contributed by atoms with Crippen molar-refractivity contribution in [2.45, 2.75) is 39.7 Å². The van der Waals surface area contributed by atoms with Gasteiger partial charge >= 0.3 is 6.61 Å². The number of carbonyl (C=O) groups is 2. The van der Waals surface area contributed by atoms with Gasteiger partial charge in [0.25, 0.3) is 0 Å². The van der Waals surface area contributed by atoms with Crippen molar-refractivity contribution in [3.63, 3.8) is 0 Å². The van der Waals surface area contributed by atoms with Gasteiger partial charge in [-0.25, -0.2) is 0 Å². The Balaban J connectivity index is 1.68. The maximum atomic E-state index is 12.7. The summed E-state index contributed by atoms with van der Waals surface area (Å²) >= 11 is 0. The topological polar surface area (TPSA) is 70.4 Å². The van der Waals surface area contributed by atoms with Gasteiger partial charge in [0.15, 0.2) is 5.78 Å². The summed E-state index contributed by atoms with van der Waals surface area (Å²) in [4.78, 5) is 26.8. The second kappa shape index (κ2) is 7.34. The Bertz CT molecular complexity index is 855. The van der Waals surface area contributed by atoms with Crippen molar-refractivity contribution in [3.05, 3.63) is 41.5 Å². The molecule has 7 heteroatoms. The van der Waals surface area contributed by atoms with Crippen LogP contribution in [0.25, 0.3) is 0 Å². The Morgan fingerprint density at radius 1 is 1.32 bits per heavy atom. The molecule has 1 amide bonds. The van der Waals surface area contributed by atoms with Gasteiger partial charge in [0.2, 0.25) is 5.91 Å². The van der Waals surface area contributed by atoms with E-state index in [1.165, 1.54) is 12.1 Å². The highest BCUT2D eigenvalue weighted by molar-refractivity contribution is 6.03. The van der Waals surface area contributed by atoms with E-state index in [0.29, 0.717) is 31.5 Å². The van der Waals surface area contributed by atoms with E-state index in [2.05, 4.69) is 4.74 Å². The number of allylic oxidation sites excluding steroid dienone is 1. The average Bonchev–Trinajstić information content (AvgIpc) is 3.02. The van der Waals surface area contributed by atoms with E-state index in [-0.39, 0.29) is 34.8 Å². The fourth-order valence-corrected chi connectivity index (χ4v) is 4.28. The third-order valence-electron chi connectivity index (χ3n) is 5.47. The van der Waals surface area contributed by atoms with E-state index in [9.17, 15) is 23.6 Å². The first kappa shape index (κ1) is 20.0. The SMILES string of the molecule is CC1(C)C[C@@]2(C=C(C#N)C1=O)CCN(C(=O)Cc1ccc(OC(F)F)cc1)C2. The number of nitriles is 1. The highest BCUT2D eigenvalue weighted by Crippen LogP contribution is 2.47. The molecule has 1 aromatic carbocycles. The number of ketones is 1. The molecular weight excluding hydrogens is 366 g/mol. The molecule has 1 aromatic rings. The molecule has 2 aliphatic rings. The standard InChI is InChI=1S/C21H22F2N2O3/c1-20(2)12-21(10-15(11-24)18(20)27)7-8-25(13-21)17(26)9-14-3-5-16(6-4-14)28-19(22)23/h3-6,10,19H,7-9,12-13H2,1-2H3/t21-/m0/s1. The monoisotopic (exact) mass is 388 g/mol. The first-order valence-electron chi connectivity index (χ1n) is 9.13. The third kappa shape index (κ3) is 4.06. The largest absolute Gasteiger partial charge is 0.435 e. The van der Waals surface area contributed by atoms with Crippen LogP contribution < -0.4 is 4.74 Å². The zero-order chi connectivity index (χ0) is 20.5. The predicted molar refractivity (Wildman–Crippen MR) is 97.5 cm³/mol. The van der Waals surface area contributed by atoms with Crippen LogP contribution in [0, 0.1) is 22.2 Å². The Hall–Kier alpha value is -2.75. The smallest absolute Gasteiger partial charge is 0.387 e. The molecule has 28 heavy (non-hydrogen) atoms. The number of hydrogen-bond donors (Lipinski definition) is 0. The van der Waals surface area contributed by atoms with E-state index in [4.69, 9.17) is 0 Å². The number of nitrogens with zero attached hydrogens (tertiary/aromatic N) is 2. The summed E-state index contributed by atoms with van der Waals surface area (Å²) in [6.45, 7) is 1.83. The highest BCUT2D eigenvalue weighted by Gasteiger charge is 2.48. The molecule has 0 unspecified atom stereocenters. The molecule has 148 valence electrons. The van der Waals surface area contributed by atoms with Gasteiger partial charge < -0.3 is 9.64 Å². The van der Waals surface area contributed by atoms with E-state index < -0.39 is 12.0 Å². The van der Waals surface area contributed by atoms with Crippen molar-refractivity contribution in [1.29, 1.82) is 5.26 Å². The van der Waals surface area contributed by atoms with E-state index in [1.54, 1.807) is 23.1 Å². The lowest BCUT2D eigenvalue weighted by Gasteiger charge is -2.38. The quantitative estimate of drug-likeness (QED) is 0.792. The number of ether oxygens (including phenoxy) is 1. The van der Waals surface area contributed by atoms with Crippen LogP contribution >= 0.6 is 0 Å². The zero-order valence-corrected chi connectivity index (χ0v) is 15.9. The van der Waals surface area contributed by atoms with Gasteiger partial charge in [-0.05, 0) is 30.5 Å². The number of carbonyl (C=O) groups excluding carboxylic acids is 2. The lowest BCUT2D eigenvalue weighted by Crippen LogP contribution is -2.41. The summed E-state index contributed by atoms with van der Waals surface area (Å²) in [6.07, 6.45) is 3.22. The van der Waals surface area contributed by atoms with Gasteiger partial charge in [-0.1, -0.05) is 32.1 Å². The molecule has 5 nitrogen and oxygen atoms in total. The molecule has 0 radical (unpaired) electrons. The molecule has 1 fully saturated rings. The van der Waals surface area contributed by atoms with Gasteiger partial charge in [0, 0.05) is 23.9 Å². The van der Waals surface area contributed by atoms with Crippen molar-refractivity contribution < 1.29 is 23.1 Å². The van der Waals surface area contributed by atoms with Crippen molar-refractivity contribution in [3.8, 4) is 11.8 Å². The molecule has 1 atom stereocenters. The summed E-state index contributed by atoms with van der Waals surface area (Å²) in [7, 11) is 0. The second-order valence-corrected chi connectivity index (χ2v) is 8.19. The average molecular weight is 388 g/mol. The molecule has 1 saturated heterocycles. The number of halogens is 2. The number of alkyl halides is 2. The molecule has 1 aliphatic heterocycles. The van der Waals surface area contributed by atoms with Crippen LogP contribution in [-0.2, 0) is 16.0 Å². The molecule has 1 aliphatic carbocycles.